The summed E-state index contributed by atoms with van der Waals surface area (Å²) in [5, 5.41) is 3.53. The number of aromatic amines is 1. The predicted molar refractivity (Wildman–Crippen MR) is 121 cm³/mol. The summed E-state index contributed by atoms with van der Waals surface area (Å²) >= 11 is 0. The molecule has 4 unspecified atom stereocenters. The van der Waals surface area contributed by atoms with Gasteiger partial charge in [0.2, 0.25) is 0 Å². The van der Waals surface area contributed by atoms with Crippen LogP contribution in [-0.4, -0.2) is 37.3 Å². The first-order valence-electron chi connectivity index (χ1n) is 11.8. The number of allylic oxidation sites excluding steroid dienone is 2. The van der Waals surface area contributed by atoms with Crippen molar-refractivity contribution in [3.05, 3.63) is 41.1 Å². The normalized spacial score (nSPS) is 30.3. The summed E-state index contributed by atoms with van der Waals surface area (Å²) in [6.45, 7) is 6.49. The Kier molecular flexibility index (Phi) is 5.33. The monoisotopic (exact) mass is 423 g/mol. The second-order valence-corrected chi connectivity index (χ2v) is 10.1. The van der Waals surface area contributed by atoms with E-state index in [9.17, 15) is 4.79 Å². The molecule has 166 valence electrons. The third-order valence-electron chi connectivity index (χ3n) is 8.19. The van der Waals surface area contributed by atoms with Gasteiger partial charge in [0.25, 0.3) is 0 Å². The number of H-pyrrole nitrogens is 1. The van der Waals surface area contributed by atoms with Gasteiger partial charge in [0, 0.05) is 29.4 Å². The van der Waals surface area contributed by atoms with E-state index in [1.165, 1.54) is 30.2 Å². The van der Waals surface area contributed by atoms with E-state index in [4.69, 9.17) is 9.47 Å². The SMILES string of the molecule is COc1ccc2[nH]cc(CC[NH2+]CC3C(=O)OC4CC5(C)CCCC(C)=C5CC43)c2c1. The second-order valence-electron chi connectivity index (χ2n) is 10.1. The molecule has 5 rings (SSSR count). The molecule has 31 heavy (non-hydrogen) atoms. The number of rotatable bonds is 6. The summed E-state index contributed by atoms with van der Waals surface area (Å²) < 4.78 is 11.3. The number of nitrogens with one attached hydrogen (secondary N) is 1. The quantitative estimate of drug-likeness (QED) is 0.423. The van der Waals surface area contributed by atoms with Crippen LogP contribution >= 0.6 is 0 Å². The van der Waals surface area contributed by atoms with Gasteiger partial charge in [-0.3, -0.25) is 4.79 Å². The van der Waals surface area contributed by atoms with E-state index >= 15 is 0 Å². The number of aromatic nitrogens is 1. The van der Waals surface area contributed by atoms with Crippen molar-refractivity contribution in [2.75, 3.05) is 20.2 Å². The van der Waals surface area contributed by atoms with Gasteiger partial charge >= 0.3 is 5.97 Å². The summed E-state index contributed by atoms with van der Waals surface area (Å²) in [4.78, 5) is 16.1. The minimum Gasteiger partial charge on any atom is -0.497 e. The zero-order valence-electron chi connectivity index (χ0n) is 19.0. The van der Waals surface area contributed by atoms with Crippen LogP contribution in [0.4, 0.5) is 0 Å². The van der Waals surface area contributed by atoms with Crippen LogP contribution in [0.3, 0.4) is 0 Å². The van der Waals surface area contributed by atoms with Gasteiger partial charge in [0.1, 0.15) is 17.8 Å². The van der Waals surface area contributed by atoms with Gasteiger partial charge in [-0.25, -0.2) is 0 Å². The second kappa shape index (κ2) is 8.01. The number of fused-ring (bicyclic) bond motifs is 3. The molecule has 2 aromatic rings. The van der Waals surface area contributed by atoms with Crippen LogP contribution in [0, 0.1) is 17.3 Å². The molecule has 0 bridgehead atoms. The number of hydrogen-bond acceptors (Lipinski definition) is 3. The third-order valence-corrected chi connectivity index (χ3v) is 8.19. The summed E-state index contributed by atoms with van der Waals surface area (Å²) in [6, 6.07) is 6.14. The molecule has 3 aliphatic rings. The van der Waals surface area contributed by atoms with Crippen molar-refractivity contribution in [1.82, 2.24) is 4.98 Å². The Morgan fingerprint density at radius 3 is 3.06 bits per heavy atom. The molecule has 1 aromatic heterocycles. The number of quaternary nitrogens is 1. The van der Waals surface area contributed by atoms with E-state index in [1.807, 2.05) is 6.07 Å². The lowest BCUT2D eigenvalue weighted by Crippen LogP contribution is -2.86. The molecule has 2 heterocycles. The molecule has 1 aromatic carbocycles. The number of methoxy groups -OCH3 is 1. The topological polar surface area (TPSA) is 67.9 Å². The van der Waals surface area contributed by atoms with E-state index in [2.05, 4.69) is 42.5 Å². The Hall–Kier alpha value is -2.27. The van der Waals surface area contributed by atoms with Crippen molar-refractivity contribution in [2.24, 2.45) is 17.3 Å². The fraction of sp³-hybridized carbons (Fsp3) is 0.577. The van der Waals surface area contributed by atoms with Crippen LogP contribution in [-0.2, 0) is 16.0 Å². The predicted octanol–water partition coefficient (Wildman–Crippen LogP) is 3.74. The van der Waals surface area contributed by atoms with E-state index in [0.29, 0.717) is 5.92 Å². The van der Waals surface area contributed by atoms with E-state index < -0.39 is 0 Å². The van der Waals surface area contributed by atoms with Crippen LogP contribution in [0.5, 0.6) is 5.75 Å². The molecule has 5 nitrogen and oxygen atoms in total. The molecule has 1 saturated carbocycles. The van der Waals surface area contributed by atoms with Gasteiger partial charge in [0.15, 0.2) is 0 Å². The Morgan fingerprint density at radius 2 is 2.23 bits per heavy atom. The van der Waals surface area contributed by atoms with Gasteiger partial charge in [-0.15, -0.1) is 0 Å². The summed E-state index contributed by atoms with van der Waals surface area (Å²) in [5.41, 5.74) is 5.90. The number of carbonyl (C=O) groups excluding carboxylic acids is 1. The first-order valence-corrected chi connectivity index (χ1v) is 11.8. The average molecular weight is 424 g/mol. The lowest BCUT2D eigenvalue weighted by Gasteiger charge is -2.45. The molecule has 3 N–H and O–H groups in total. The van der Waals surface area contributed by atoms with E-state index in [1.54, 1.807) is 18.3 Å². The summed E-state index contributed by atoms with van der Waals surface area (Å²) in [5.74, 6) is 1.30. The zero-order valence-corrected chi connectivity index (χ0v) is 19.0. The van der Waals surface area contributed by atoms with Gasteiger partial charge in [0.05, 0.1) is 20.2 Å². The average Bonchev–Trinajstić information content (AvgIpc) is 3.29. The minimum absolute atomic E-state index is 0.0276. The smallest absolute Gasteiger partial charge is 0.315 e. The lowest BCUT2D eigenvalue weighted by atomic mass is 9.59. The maximum atomic E-state index is 12.7. The highest BCUT2D eigenvalue weighted by Gasteiger charge is 2.53. The molecule has 2 fully saturated rings. The highest BCUT2D eigenvalue weighted by molar-refractivity contribution is 5.84. The number of benzene rings is 1. The van der Waals surface area contributed by atoms with Crippen LogP contribution in [0.15, 0.2) is 35.5 Å². The standard InChI is InChI=1S/C26H34N2O3/c1-16-5-4-9-26(2)13-24-20(12-22(16)26)21(25(29)31-24)15-27-10-8-17-14-28-23-7-6-18(30-3)11-19(17)23/h6-7,11,14,20-21,24,27-28H,4-5,8-10,12-13,15H2,1-3H3/p+1. The van der Waals surface area contributed by atoms with Gasteiger partial charge in [-0.1, -0.05) is 18.1 Å². The van der Waals surface area contributed by atoms with Crippen molar-refractivity contribution in [3.63, 3.8) is 0 Å². The molecule has 2 aliphatic carbocycles. The number of esters is 1. The van der Waals surface area contributed by atoms with Crippen LogP contribution in [0.1, 0.15) is 51.5 Å². The molecular formula is C26H35N2O3+. The van der Waals surface area contributed by atoms with E-state index in [-0.39, 0.29) is 23.4 Å². The highest BCUT2D eigenvalue weighted by atomic mass is 16.6. The molecule has 0 spiro atoms. The fourth-order valence-electron chi connectivity index (χ4n) is 6.43. The highest BCUT2D eigenvalue weighted by Crippen LogP contribution is 2.54. The molecule has 0 amide bonds. The molecular weight excluding hydrogens is 388 g/mol. The maximum Gasteiger partial charge on any atom is 0.315 e. The van der Waals surface area contributed by atoms with E-state index in [0.717, 1.165) is 43.6 Å². The van der Waals surface area contributed by atoms with Crippen LogP contribution in [0.2, 0.25) is 0 Å². The number of ether oxygens (including phenoxy) is 2. The van der Waals surface area contributed by atoms with Crippen molar-refractivity contribution in [1.29, 1.82) is 0 Å². The minimum atomic E-state index is 0.0276. The number of nitrogens with two attached hydrogens (primary N) is 1. The fourth-order valence-corrected chi connectivity index (χ4v) is 6.43. The molecule has 0 radical (unpaired) electrons. The first-order chi connectivity index (χ1) is 15.0. The Bertz CT molecular complexity index is 1020. The largest absolute Gasteiger partial charge is 0.497 e. The first kappa shape index (κ1) is 20.6. The Labute approximate surface area is 184 Å². The van der Waals surface area contributed by atoms with Crippen molar-refractivity contribution in [2.45, 2.75) is 58.5 Å². The van der Waals surface area contributed by atoms with Crippen LogP contribution < -0.4 is 10.1 Å². The summed E-state index contributed by atoms with van der Waals surface area (Å²) in [7, 11) is 1.70. The molecule has 5 heteroatoms. The van der Waals surface area contributed by atoms with Crippen LogP contribution in [0.25, 0.3) is 10.9 Å². The van der Waals surface area contributed by atoms with Gasteiger partial charge in [-0.05, 0) is 68.2 Å². The van der Waals surface area contributed by atoms with Crippen molar-refractivity contribution < 1.29 is 19.6 Å². The van der Waals surface area contributed by atoms with Crippen molar-refractivity contribution >= 4 is 16.9 Å². The molecule has 1 saturated heterocycles. The third kappa shape index (κ3) is 3.67. The zero-order chi connectivity index (χ0) is 21.6. The Morgan fingerprint density at radius 1 is 1.35 bits per heavy atom. The molecule has 4 atom stereocenters. The maximum absolute atomic E-state index is 12.7. The summed E-state index contributed by atoms with van der Waals surface area (Å²) in [6.07, 6.45) is 8.99. The molecule has 1 aliphatic heterocycles. The van der Waals surface area contributed by atoms with Crippen molar-refractivity contribution in [3.8, 4) is 5.75 Å². The number of hydrogen-bond donors (Lipinski definition) is 2. The lowest BCUT2D eigenvalue weighted by molar-refractivity contribution is -0.658. The van der Waals surface area contributed by atoms with Gasteiger partial charge in [-0.2, -0.15) is 0 Å². The Balaban J connectivity index is 1.22. The van der Waals surface area contributed by atoms with Gasteiger partial charge < -0.3 is 19.8 Å². The number of carbonyl (C=O) groups is 1.